The summed E-state index contributed by atoms with van der Waals surface area (Å²) in [5, 5.41) is 2.84. The second-order valence-electron chi connectivity index (χ2n) is 3.51. The molecule has 0 saturated heterocycles. The predicted octanol–water partition coefficient (Wildman–Crippen LogP) is 1.78. The van der Waals surface area contributed by atoms with Crippen molar-refractivity contribution in [2.45, 2.75) is 12.8 Å². The van der Waals surface area contributed by atoms with Crippen LogP contribution in [0.5, 0.6) is 0 Å². The lowest BCUT2D eigenvalue weighted by Crippen LogP contribution is -2.20. The fourth-order valence-electron chi connectivity index (χ4n) is 1.57. The first-order valence-corrected chi connectivity index (χ1v) is 4.75. The maximum atomic E-state index is 12.9. The summed E-state index contributed by atoms with van der Waals surface area (Å²) in [5.41, 5.74) is 0.872. The van der Waals surface area contributed by atoms with Gasteiger partial charge in [0.2, 0.25) is 0 Å². The van der Waals surface area contributed by atoms with Gasteiger partial charge in [-0.25, -0.2) is 4.39 Å². The van der Waals surface area contributed by atoms with Crippen molar-refractivity contribution in [3.05, 3.63) is 29.6 Å². The summed E-state index contributed by atoms with van der Waals surface area (Å²) >= 11 is 0. The molecule has 1 aromatic carbocycles. The van der Waals surface area contributed by atoms with Crippen molar-refractivity contribution in [1.29, 1.82) is 0 Å². The Morgan fingerprint density at radius 2 is 2.00 bits per heavy atom. The van der Waals surface area contributed by atoms with E-state index in [0.717, 1.165) is 0 Å². The Kier molecular flexibility index (Phi) is 2.49. The summed E-state index contributed by atoms with van der Waals surface area (Å²) < 4.78 is 12.9. The highest BCUT2D eigenvalue weighted by Crippen LogP contribution is 2.21. The second-order valence-corrected chi connectivity index (χ2v) is 3.51. The Morgan fingerprint density at radius 3 is 2.80 bits per heavy atom. The molecule has 1 heterocycles. The van der Waals surface area contributed by atoms with Gasteiger partial charge in [0.25, 0.3) is 0 Å². The highest BCUT2D eigenvalue weighted by Gasteiger charge is 2.17. The smallest absolute Gasteiger partial charge is 0.165 e. The van der Waals surface area contributed by atoms with E-state index in [9.17, 15) is 14.0 Å². The van der Waals surface area contributed by atoms with Gasteiger partial charge in [-0.1, -0.05) is 0 Å². The number of ketones is 2. The highest BCUT2D eigenvalue weighted by molar-refractivity contribution is 6.04. The van der Waals surface area contributed by atoms with E-state index in [0.29, 0.717) is 11.3 Å². The molecule has 0 bridgehead atoms. The van der Waals surface area contributed by atoms with Gasteiger partial charge >= 0.3 is 0 Å². The van der Waals surface area contributed by atoms with Gasteiger partial charge < -0.3 is 5.32 Å². The zero-order valence-electron chi connectivity index (χ0n) is 8.05. The number of fused-ring (bicyclic) bond motifs is 1. The molecule has 0 saturated carbocycles. The Bertz CT molecular complexity index is 429. The minimum atomic E-state index is -0.434. The molecule has 15 heavy (non-hydrogen) atoms. The quantitative estimate of drug-likeness (QED) is 0.705. The number of hydrogen-bond acceptors (Lipinski definition) is 3. The topological polar surface area (TPSA) is 46.2 Å². The van der Waals surface area contributed by atoms with E-state index in [1.165, 1.54) is 18.2 Å². The number of hydrogen-bond donors (Lipinski definition) is 1. The number of Topliss-reactive ketones (excluding diaryl/α,β-unsaturated/α-hetero) is 2. The number of anilines is 1. The molecule has 3 nitrogen and oxygen atoms in total. The molecule has 1 aliphatic rings. The summed E-state index contributed by atoms with van der Waals surface area (Å²) in [6.07, 6.45) is 0.388. The lowest BCUT2D eigenvalue weighted by Gasteiger charge is -2.14. The molecule has 0 aliphatic carbocycles. The van der Waals surface area contributed by atoms with Gasteiger partial charge in [0.05, 0.1) is 6.54 Å². The van der Waals surface area contributed by atoms with Crippen molar-refractivity contribution in [3.8, 4) is 0 Å². The fourth-order valence-corrected chi connectivity index (χ4v) is 1.57. The standard InChI is InChI=1S/C11H10FNO2/c12-7-1-3-10-9(5-7)11(15)4-2-8(14)6-13-10/h1,3,5,13H,2,4,6H2. The summed E-state index contributed by atoms with van der Waals surface area (Å²) in [5.74, 6) is -0.626. The number of rotatable bonds is 0. The van der Waals surface area contributed by atoms with Crippen molar-refractivity contribution in [2.75, 3.05) is 11.9 Å². The van der Waals surface area contributed by atoms with E-state index >= 15 is 0 Å². The number of carbonyl (C=O) groups is 2. The molecule has 0 amide bonds. The van der Waals surface area contributed by atoms with Crippen LogP contribution in [0.1, 0.15) is 23.2 Å². The number of benzene rings is 1. The number of carbonyl (C=O) groups excluding carboxylic acids is 2. The van der Waals surface area contributed by atoms with E-state index in [4.69, 9.17) is 0 Å². The van der Waals surface area contributed by atoms with Crippen LogP contribution in [-0.4, -0.2) is 18.1 Å². The molecule has 1 N–H and O–H groups in total. The maximum absolute atomic E-state index is 12.9. The predicted molar refractivity (Wildman–Crippen MR) is 53.5 cm³/mol. The first kappa shape index (κ1) is 9.83. The molecule has 4 heteroatoms. The van der Waals surface area contributed by atoms with Crippen molar-refractivity contribution in [2.24, 2.45) is 0 Å². The third-order valence-corrected chi connectivity index (χ3v) is 2.39. The van der Waals surface area contributed by atoms with Crippen LogP contribution in [-0.2, 0) is 4.79 Å². The molecule has 2 rings (SSSR count). The van der Waals surface area contributed by atoms with Gasteiger partial charge in [-0.3, -0.25) is 9.59 Å². The van der Waals surface area contributed by atoms with E-state index in [1.807, 2.05) is 0 Å². The van der Waals surface area contributed by atoms with Gasteiger partial charge in [0, 0.05) is 24.1 Å². The third-order valence-electron chi connectivity index (χ3n) is 2.39. The van der Waals surface area contributed by atoms with Crippen LogP contribution in [0, 0.1) is 5.82 Å². The Labute approximate surface area is 86.3 Å². The third kappa shape index (κ3) is 2.03. The van der Waals surface area contributed by atoms with Crippen LogP contribution < -0.4 is 5.32 Å². The van der Waals surface area contributed by atoms with Crippen molar-refractivity contribution in [1.82, 2.24) is 0 Å². The Balaban J connectivity index is 2.41. The molecule has 78 valence electrons. The summed E-state index contributed by atoms with van der Waals surface area (Å²) in [6, 6.07) is 3.97. The zero-order valence-corrected chi connectivity index (χ0v) is 8.05. The lowest BCUT2D eigenvalue weighted by molar-refractivity contribution is -0.117. The Morgan fingerprint density at radius 1 is 1.20 bits per heavy atom. The number of halogens is 1. The zero-order chi connectivity index (χ0) is 10.8. The van der Waals surface area contributed by atoms with E-state index in [-0.39, 0.29) is 31.0 Å². The van der Waals surface area contributed by atoms with Crippen molar-refractivity contribution >= 4 is 17.3 Å². The molecular weight excluding hydrogens is 197 g/mol. The second kappa shape index (κ2) is 3.81. The van der Waals surface area contributed by atoms with Gasteiger partial charge in [-0.15, -0.1) is 0 Å². The maximum Gasteiger partial charge on any atom is 0.165 e. The van der Waals surface area contributed by atoms with Crippen LogP contribution in [0.4, 0.5) is 10.1 Å². The van der Waals surface area contributed by atoms with Gasteiger partial charge in [0.15, 0.2) is 11.6 Å². The van der Waals surface area contributed by atoms with Crippen molar-refractivity contribution < 1.29 is 14.0 Å². The molecule has 0 atom stereocenters. The number of nitrogens with one attached hydrogen (secondary N) is 1. The van der Waals surface area contributed by atoms with Crippen LogP contribution in [0.3, 0.4) is 0 Å². The minimum Gasteiger partial charge on any atom is -0.377 e. The normalized spacial score (nSPS) is 16.3. The summed E-state index contributed by atoms with van der Waals surface area (Å²) in [4.78, 5) is 22.8. The van der Waals surface area contributed by atoms with Crippen LogP contribution >= 0.6 is 0 Å². The SMILES string of the molecule is O=C1CCC(=O)c2cc(F)ccc2NC1. The van der Waals surface area contributed by atoms with Crippen LogP contribution in [0.2, 0.25) is 0 Å². The molecule has 0 aromatic heterocycles. The van der Waals surface area contributed by atoms with E-state index in [2.05, 4.69) is 5.32 Å². The molecule has 1 aromatic rings. The van der Waals surface area contributed by atoms with Gasteiger partial charge in [-0.05, 0) is 18.2 Å². The van der Waals surface area contributed by atoms with E-state index in [1.54, 1.807) is 0 Å². The Hall–Kier alpha value is -1.71. The average molecular weight is 207 g/mol. The monoisotopic (exact) mass is 207 g/mol. The lowest BCUT2D eigenvalue weighted by atomic mass is 10.0. The minimum absolute atomic E-state index is 0.00155. The van der Waals surface area contributed by atoms with Crippen molar-refractivity contribution in [3.63, 3.8) is 0 Å². The molecule has 0 radical (unpaired) electrons. The molecular formula is C11H10FNO2. The molecule has 1 aliphatic heterocycles. The molecule has 0 unspecified atom stereocenters. The summed E-state index contributed by atoms with van der Waals surface area (Å²) in [6.45, 7) is 0.200. The summed E-state index contributed by atoms with van der Waals surface area (Å²) in [7, 11) is 0. The van der Waals surface area contributed by atoms with Crippen LogP contribution in [0.25, 0.3) is 0 Å². The first-order valence-electron chi connectivity index (χ1n) is 4.75. The largest absolute Gasteiger partial charge is 0.377 e. The highest BCUT2D eigenvalue weighted by atomic mass is 19.1. The first-order chi connectivity index (χ1) is 7.16. The average Bonchev–Trinajstić information content (AvgIpc) is 2.22. The fraction of sp³-hybridized carbons (Fsp3) is 0.273. The molecule has 0 spiro atoms. The molecule has 0 fully saturated rings. The van der Waals surface area contributed by atoms with E-state index < -0.39 is 5.82 Å². The van der Waals surface area contributed by atoms with Gasteiger partial charge in [-0.2, -0.15) is 0 Å². The van der Waals surface area contributed by atoms with Crippen LogP contribution in [0.15, 0.2) is 18.2 Å². The van der Waals surface area contributed by atoms with Gasteiger partial charge in [0.1, 0.15) is 5.82 Å².